The molecule has 0 atom stereocenters. The van der Waals surface area contributed by atoms with Crippen LogP contribution in [0.15, 0.2) is 35.1 Å². The van der Waals surface area contributed by atoms with Crippen LogP contribution in [0.5, 0.6) is 0 Å². The Kier molecular flexibility index (Phi) is 3.43. The quantitative estimate of drug-likeness (QED) is 0.814. The van der Waals surface area contributed by atoms with Gasteiger partial charge in [-0.15, -0.1) is 0 Å². The van der Waals surface area contributed by atoms with E-state index in [-0.39, 0.29) is 5.78 Å². The van der Waals surface area contributed by atoms with Gasteiger partial charge in [-0.3, -0.25) is 9.48 Å². The van der Waals surface area contributed by atoms with Gasteiger partial charge in [-0.1, -0.05) is 12.1 Å². The number of halogens is 1. The van der Waals surface area contributed by atoms with Gasteiger partial charge < -0.3 is 0 Å². The number of ketones is 1. The highest BCUT2D eigenvalue weighted by Gasteiger charge is 2.15. The lowest BCUT2D eigenvalue weighted by Crippen LogP contribution is -2.02. The fourth-order valence-electron chi connectivity index (χ4n) is 1.63. The number of aryl methyl sites for hydroxylation is 2. The summed E-state index contributed by atoms with van der Waals surface area (Å²) in [6.07, 6.45) is 3.39. The molecule has 0 spiro atoms. The fourth-order valence-corrected chi connectivity index (χ4v) is 2.08. The molecule has 0 saturated carbocycles. The molecule has 0 N–H and O–H groups in total. The van der Waals surface area contributed by atoms with Gasteiger partial charge in [0.1, 0.15) is 0 Å². The molecule has 3 nitrogen and oxygen atoms in total. The van der Waals surface area contributed by atoms with E-state index in [0.717, 1.165) is 16.6 Å². The molecule has 2 rings (SSSR count). The van der Waals surface area contributed by atoms with E-state index in [0.29, 0.717) is 11.1 Å². The minimum absolute atomic E-state index is 0.000255. The van der Waals surface area contributed by atoms with E-state index in [1.165, 1.54) is 0 Å². The first-order valence-corrected chi connectivity index (χ1v) is 6.25. The Bertz CT molecular complexity index is 560. The Hall–Kier alpha value is -1.42. The van der Waals surface area contributed by atoms with Gasteiger partial charge in [0.15, 0.2) is 5.78 Å². The maximum atomic E-state index is 12.3. The lowest BCUT2D eigenvalue weighted by molar-refractivity contribution is 0.103. The molecule has 1 heterocycles. The topological polar surface area (TPSA) is 34.9 Å². The summed E-state index contributed by atoms with van der Waals surface area (Å²) in [4.78, 5) is 12.3. The average Bonchev–Trinajstić information content (AvgIpc) is 2.80. The van der Waals surface area contributed by atoms with Crippen LogP contribution in [-0.2, 0) is 6.54 Å². The lowest BCUT2D eigenvalue weighted by atomic mass is 10.0. The van der Waals surface area contributed by atoms with Crippen LogP contribution in [0.2, 0.25) is 0 Å². The predicted octanol–water partition coefficient (Wildman–Crippen LogP) is 3.20. The van der Waals surface area contributed by atoms with Crippen molar-refractivity contribution in [3.05, 3.63) is 51.8 Å². The van der Waals surface area contributed by atoms with Crippen molar-refractivity contribution in [1.82, 2.24) is 9.78 Å². The maximum Gasteiger partial charge on any atom is 0.197 e. The molecule has 0 unspecified atom stereocenters. The van der Waals surface area contributed by atoms with Crippen molar-refractivity contribution in [3.8, 4) is 0 Å². The van der Waals surface area contributed by atoms with Gasteiger partial charge in [-0.2, -0.15) is 5.10 Å². The Balaban J connectivity index is 2.40. The van der Waals surface area contributed by atoms with Crippen molar-refractivity contribution in [2.24, 2.45) is 0 Å². The zero-order valence-corrected chi connectivity index (χ0v) is 11.4. The summed E-state index contributed by atoms with van der Waals surface area (Å²) in [6.45, 7) is 4.72. The number of rotatable bonds is 3. The standard InChI is InChI=1S/C13H13BrN2O/c1-3-16-8-10(7-15-16)13(17)11-6-4-5-9(2)12(11)14/h4-8H,3H2,1-2H3. The molecular weight excluding hydrogens is 280 g/mol. The normalized spacial score (nSPS) is 10.5. The van der Waals surface area contributed by atoms with Crippen LogP contribution in [0.1, 0.15) is 28.4 Å². The van der Waals surface area contributed by atoms with Gasteiger partial charge in [-0.05, 0) is 41.4 Å². The zero-order valence-electron chi connectivity index (χ0n) is 9.77. The van der Waals surface area contributed by atoms with Gasteiger partial charge in [-0.25, -0.2) is 0 Å². The fraction of sp³-hybridized carbons (Fsp3) is 0.231. The molecule has 1 aromatic heterocycles. The third-order valence-corrected chi connectivity index (χ3v) is 3.71. The smallest absolute Gasteiger partial charge is 0.197 e. The first kappa shape index (κ1) is 12.0. The molecule has 88 valence electrons. The Morgan fingerprint density at radius 3 is 2.88 bits per heavy atom. The molecule has 0 aliphatic heterocycles. The van der Waals surface area contributed by atoms with Crippen LogP contribution in [-0.4, -0.2) is 15.6 Å². The highest BCUT2D eigenvalue weighted by Crippen LogP contribution is 2.23. The summed E-state index contributed by atoms with van der Waals surface area (Å²) in [7, 11) is 0. The number of carbonyl (C=O) groups is 1. The summed E-state index contributed by atoms with van der Waals surface area (Å²) in [5.41, 5.74) is 2.36. The second-order valence-electron chi connectivity index (χ2n) is 3.85. The van der Waals surface area contributed by atoms with Crippen molar-refractivity contribution in [2.45, 2.75) is 20.4 Å². The van der Waals surface area contributed by atoms with Gasteiger partial charge >= 0.3 is 0 Å². The van der Waals surface area contributed by atoms with E-state index in [2.05, 4.69) is 21.0 Å². The number of hydrogen-bond donors (Lipinski definition) is 0. The Morgan fingerprint density at radius 2 is 2.24 bits per heavy atom. The number of benzene rings is 1. The van der Waals surface area contributed by atoms with E-state index in [9.17, 15) is 4.79 Å². The largest absolute Gasteiger partial charge is 0.288 e. The summed E-state index contributed by atoms with van der Waals surface area (Å²) < 4.78 is 2.60. The zero-order chi connectivity index (χ0) is 12.4. The van der Waals surface area contributed by atoms with E-state index >= 15 is 0 Å². The maximum absolute atomic E-state index is 12.3. The van der Waals surface area contributed by atoms with Gasteiger partial charge in [0.05, 0.1) is 11.8 Å². The molecule has 4 heteroatoms. The molecule has 0 aliphatic carbocycles. The summed E-state index contributed by atoms with van der Waals surface area (Å²) >= 11 is 3.45. The van der Waals surface area contributed by atoms with Crippen LogP contribution in [0.25, 0.3) is 0 Å². The van der Waals surface area contributed by atoms with Crippen LogP contribution in [0.3, 0.4) is 0 Å². The second-order valence-corrected chi connectivity index (χ2v) is 4.64. The average molecular weight is 293 g/mol. The molecule has 0 fully saturated rings. The third kappa shape index (κ3) is 2.31. The van der Waals surface area contributed by atoms with E-state index in [4.69, 9.17) is 0 Å². The minimum Gasteiger partial charge on any atom is -0.288 e. The first-order valence-electron chi connectivity index (χ1n) is 5.45. The molecule has 0 amide bonds. The molecule has 2 aromatic rings. The van der Waals surface area contributed by atoms with Crippen molar-refractivity contribution >= 4 is 21.7 Å². The summed E-state index contributed by atoms with van der Waals surface area (Å²) in [5, 5.41) is 4.11. The van der Waals surface area contributed by atoms with Crippen LogP contribution in [0, 0.1) is 6.92 Å². The highest BCUT2D eigenvalue weighted by atomic mass is 79.9. The third-order valence-electron chi connectivity index (χ3n) is 2.66. The number of hydrogen-bond acceptors (Lipinski definition) is 2. The predicted molar refractivity (Wildman–Crippen MR) is 70.2 cm³/mol. The molecule has 17 heavy (non-hydrogen) atoms. The van der Waals surface area contributed by atoms with Gasteiger partial charge in [0, 0.05) is 22.8 Å². The molecular formula is C13H13BrN2O. The minimum atomic E-state index is 0.000255. The Morgan fingerprint density at radius 1 is 1.47 bits per heavy atom. The van der Waals surface area contributed by atoms with Crippen molar-refractivity contribution < 1.29 is 4.79 Å². The van der Waals surface area contributed by atoms with Crippen molar-refractivity contribution in [3.63, 3.8) is 0 Å². The van der Waals surface area contributed by atoms with Gasteiger partial charge in [0.25, 0.3) is 0 Å². The molecule has 0 radical (unpaired) electrons. The van der Waals surface area contributed by atoms with Crippen LogP contribution >= 0.6 is 15.9 Å². The van der Waals surface area contributed by atoms with Gasteiger partial charge in [0.2, 0.25) is 0 Å². The lowest BCUT2D eigenvalue weighted by Gasteiger charge is -2.04. The van der Waals surface area contributed by atoms with Crippen LogP contribution < -0.4 is 0 Å². The van der Waals surface area contributed by atoms with E-state index in [1.807, 2.05) is 32.0 Å². The molecule has 0 saturated heterocycles. The second kappa shape index (κ2) is 4.84. The number of carbonyl (C=O) groups excluding carboxylic acids is 1. The van der Waals surface area contributed by atoms with E-state index in [1.54, 1.807) is 17.1 Å². The number of nitrogens with zero attached hydrogens (tertiary/aromatic N) is 2. The molecule has 0 aliphatic rings. The first-order chi connectivity index (χ1) is 8.13. The number of aromatic nitrogens is 2. The van der Waals surface area contributed by atoms with Crippen LogP contribution in [0.4, 0.5) is 0 Å². The molecule has 1 aromatic carbocycles. The summed E-state index contributed by atoms with van der Waals surface area (Å²) in [6, 6.07) is 5.68. The Labute approximate surface area is 109 Å². The highest BCUT2D eigenvalue weighted by molar-refractivity contribution is 9.10. The molecule has 0 bridgehead atoms. The monoisotopic (exact) mass is 292 g/mol. The van der Waals surface area contributed by atoms with Crippen molar-refractivity contribution in [1.29, 1.82) is 0 Å². The summed E-state index contributed by atoms with van der Waals surface area (Å²) in [5.74, 6) is 0.000255. The van der Waals surface area contributed by atoms with E-state index < -0.39 is 0 Å². The SMILES string of the molecule is CCn1cc(C(=O)c2cccc(C)c2Br)cn1. The van der Waals surface area contributed by atoms with Crippen molar-refractivity contribution in [2.75, 3.05) is 0 Å².